The summed E-state index contributed by atoms with van der Waals surface area (Å²) in [6, 6.07) is -0.837. The molecule has 0 aliphatic carbocycles. The van der Waals surface area contributed by atoms with Gasteiger partial charge in [0.1, 0.15) is 12.1 Å². The van der Waals surface area contributed by atoms with E-state index in [2.05, 4.69) is 5.32 Å². The highest BCUT2D eigenvalue weighted by Crippen LogP contribution is 2.30. The Bertz CT molecular complexity index is 323. The molecule has 2 amide bonds. The van der Waals surface area contributed by atoms with Crippen molar-refractivity contribution < 1.29 is 14.3 Å². The zero-order chi connectivity index (χ0) is 11.9. The number of nitrogens with one attached hydrogen (secondary N) is 1. The molecule has 90 valence electrons. The quantitative estimate of drug-likeness (QED) is 0.679. The monoisotopic (exact) mass is 226 g/mol. The van der Waals surface area contributed by atoms with Gasteiger partial charge in [-0.2, -0.15) is 0 Å². The van der Waals surface area contributed by atoms with Gasteiger partial charge in [-0.1, -0.05) is 0 Å². The molecule has 2 saturated heterocycles. The fraction of sp³-hybridized carbons (Fsp3) is 0.818. The van der Waals surface area contributed by atoms with E-state index in [1.807, 2.05) is 6.92 Å². The minimum Gasteiger partial charge on any atom is -0.379 e. The molecule has 1 N–H and O–H groups in total. The van der Waals surface area contributed by atoms with Crippen LogP contribution in [0.25, 0.3) is 0 Å². The van der Waals surface area contributed by atoms with E-state index < -0.39 is 12.1 Å². The minimum absolute atomic E-state index is 0.0138. The third kappa shape index (κ3) is 1.59. The number of rotatable bonds is 1. The lowest BCUT2D eigenvalue weighted by molar-refractivity contribution is -0.155. The van der Waals surface area contributed by atoms with Gasteiger partial charge in [-0.3, -0.25) is 9.59 Å². The molecule has 16 heavy (non-hydrogen) atoms. The average molecular weight is 226 g/mol. The van der Waals surface area contributed by atoms with E-state index in [0.717, 1.165) is 6.42 Å². The summed E-state index contributed by atoms with van der Waals surface area (Å²) in [4.78, 5) is 25.5. The highest BCUT2D eigenvalue weighted by Gasteiger charge is 2.47. The zero-order valence-electron chi connectivity index (χ0n) is 9.95. The van der Waals surface area contributed by atoms with Crippen LogP contribution >= 0.6 is 0 Å². The second-order valence-corrected chi connectivity index (χ2v) is 4.91. The first-order valence-corrected chi connectivity index (χ1v) is 5.67. The van der Waals surface area contributed by atoms with Crippen LogP contribution in [-0.4, -0.2) is 47.6 Å². The topological polar surface area (TPSA) is 58.6 Å². The van der Waals surface area contributed by atoms with Crippen LogP contribution in [0.5, 0.6) is 0 Å². The molecule has 2 aliphatic rings. The number of piperazine rings is 1. The van der Waals surface area contributed by atoms with E-state index in [9.17, 15) is 9.59 Å². The molecule has 3 unspecified atom stereocenters. The molecule has 0 bridgehead atoms. The fourth-order valence-electron chi connectivity index (χ4n) is 2.49. The molecule has 0 spiro atoms. The number of carbonyl (C=O) groups excluding carboxylic acids is 2. The molecular weight excluding hydrogens is 208 g/mol. The Morgan fingerprint density at radius 2 is 2.12 bits per heavy atom. The summed E-state index contributed by atoms with van der Waals surface area (Å²) in [5.74, 6) is -0.0969. The number of ether oxygens (including phenoxy) is 1. The van der Waals surface area contributed by atoms with Crippen LogP contribution in [0.3, 0.4) is 0 Å². The number of hydrogen-bond donors (Lipinski definition) is 1. The van der Waals surface area contributed by atoms with Gasteiger partial charge in [0.15, 0.2) is 0 Å². The van der Waals surface area contributed by atoms with Crippen molar-refractivity contribution in [3.63, 3.8) is 0 Å². The SMILES string of the molecule is CC1NC(=O)C(C)N(C2(C)CCOC2)C1=O. The summed E-state index contributed by atoms with van der Waals surface area (Å²) in [5.41, 5.74) is -0.331. The molecule has 0 radical (unpaired) electrons. The van der Waals surface area contributed by atoms with Crippen molar-refractivity contribution in [2.45, 2.75) is 44.8 Å². The standard InChI is InChI=1S/C11H18N2O3/c1-7-10(15)13(8(2)9(14)12-7)11(3)4-5-16-6-11/h7-8H,4-6H2,1-3H3,(H,12,14). The maximum atomic E-state index is 12.1. The molecule has 3 atom stereocenters. The molecule has 2 rings (SSSR count). The van der Waals surface area contributed by atoms with Gasteiger partial charge >= 0.3 is 0 Å². The Hall–Kier alpha value is -1.10. The summed E-state index contributed by atoms with van der Waals surface area (Å²) in [7, 11) is 0. The third-order valence-electron chi connectivity index (χ3n) is 3.51. The highest BCUT2D eigenvalue weighted by molar-refractivity contribution is 5.97. The lowest BCUT2D eigenvalue weighted by atomic mass is 9.94. The van der Waals surface area contributed by atoms with Gasteiger partial charge in [-0.05, 0) is 27.2 Å². The van der Waals surface area contributed by atoms with Crippen molar-refractivity contribution >= 4 is 11.8 Å². The van der Waals surface area contributed by atoms with E-state index in [-0.39, 0.29) is 17.4 Å². The number of hydrogen-bond acceptors (Lipinski definition) is 3. The van der Waals surface area contributed by atoms with E-state index in [1.165, 1.54) is 0 Å². The number of nitrogens with zero attached hydrogens (tertiary/aromatic N) is 1. The van der Waals surface area contributed by atoms with E-state index in [4.69, 9.17) is 4.74 Å². The molecule has 0 saturated carbocycles. The summed E-state index contributed by atoms with van der Waals surface area (Å²) in [6.45, 7) is 6.65. The summed E-state index contributed by atoms with van der Waals surface area (Å²) < 4.78 is 5.35. The molecule has 5 heteroatoms. The lowest BCUT2D eigenvalue weighted by Crippen LogP contribution is -2.67. The van der Waals surface area contributed by atoms with Gasteiger partial charge in [0, 0.05) is 6.61 Å². The Morgan fingerprint density at radius 1 is 1.44 bits per heavy atom. The van der Waals surface area contributed by atoms with Gasteiger partial charge < -0.3 is 15.0 Å². The molecular formula is C11H18N2O3. The molecule has 2 heterocycles. The third-order valence-corrected chi connectivity index (χ3v) is 3.51. The first-order chi connectivity index (χ1) is 7.46. The van der Waals surface area contributed by atoms with Crippen molar-refractivity contribution in [2.75, 3.05) is 13.2 Å². The molecule has 2 aliphatic heterocycles. The largest absolute Gasteiger partial charge is 0.379 e. The van der Waals surface area contributed by atoms with Gasteiger partial charge in [0.05, 0.1) is 12.1 Å². The smallest absolute Gasteiger partial charge is 0.246 e. The van der Waals surface area contributed by atoms with Crippen LogP contribution in [0.4, 0.5) is 0 Å². The van der Waals surface area contributed by atoms with E-state index >= 15 is 0 Å². The van der Waals surface area contributed by atoms with Crippen LogP contribution in [0.1, 0.15) is 27.2 Å². The number of carbonyl (C=O) groups is 2. The Kier molecular flexibility index (Phi) is 2.66. The first kappa shape index (κ1) is 11.4. The minimum atomic E-state index is -0.430. The van der Waals surface area contributed by atoms with E-state index in [0.29, 0.717) is 13.2 Å². The van der Waals surface area contributed by atoms with Crippen LogP contribution in [0.15, 0.2) is 0 Å². The van der Waals surface area contributed by atoms with Gasteiger partial charge in [0.2, 0.25) is 11.8 Å². The maximum Gasteiger partial charge on any atom is 0.246 e. The van der Waals surface area contributed by atoms with Crippen molar-refractivity contribution in [3.8, 4) is 0 Å². The summed E-state index contributed by atoms with van der Waals surface area (Å²) in [6.07, 6.45) is 0.795. The van der Waals surface area contributed by atoms with Crippen LogP contribution in [-0.2, 0) is 14.3 Å². The Labute approximate surface area is 95.1 Å². The van der Waals surface area contributed by atoms with E-state index in [1.54, 1.807) is 18.7 Å². The Balaban J connectivity index is 2.29. The number of amides is 2. The second-order valence-electron chi connectivity index (χ2n) is 4.91. The van der Waals surface area contributed by atoms with Crippen LogP contribution in [0.2, 0.25) is 0 Å². The van der Waals surface area contributed by atoms with Gasteiger partial charge in [0.25, 0.3) is 0 Å². The van der Waals surface area contributed by atoms with Crippen molar-refractivity contribution in [3.05, 3.63) is 0 Å². The summed E-state index contributed by atoms with van der Waals surface area (Å²) >= 11 is 0. The van der Waals surface area contributed by atoms with Crippen LogP contribution in [0, 0.1) is 0 Å². The molecule has 0 aromatic rings. The second kappa shape index (κ2) is 3.73. The average Bonchev–Trinajstić information content (AvgIpc) is 2.63. The predicted molar refractivity (Wildman–Crippen MR) is 57.8 cm³/mol. The van der Waals surface area contributed by atoms with Gasteiger partial charge in [-0.15, -0.1) is 0 Å². The lowest BCUT2D eigenvalue weighted by Gasteiger charge is -2.45. The van der Waals surface area contributed by atoms with Crippen molar-refractivity contribution in [1.29, 1.82) is 0 Å². The zero-order valence-corrected chi connectivity index (χ0v) is 9.95. The van der Waals surface area contributed by atoms with Crippen molar-refractivity contribution in [2.24, 2.45) is 0 Å². The predicted octanol–water partition coefficient (Wildman–Crippen LogP) is -0.0992. The fourth-order valence-corrected chi connectivity index (χ4v) is 2.49. The highest BCUT2D eigenvalue weighted by atomic mass is 16.5. The maximum absolute atomic E-state index is 12.1. The molecule has 0 aromatic carbocycles. The first-order valence-electron chi connectivity index (χ1n) is 5.67. The summed E-state index contributed by atoms with van der Waals surface area (Å²) in [5, 5.41) is 2.68. The van der Waals surface area contributed by atoms with Crippen LogP contribution < -0.4 is 5.32 Å². The van der Waals surface area contributed by atoms with Gasteiger partial charge in [-0.25, -0.2) is 0 Å². The molecule has 5 nitrogen and oxygen atoms in total. The molecule has 2 fully saturated rings. The van der Waals surface area contributed by atoms with Crippen molar-refractivity contribution in [1.82, 2.24) is 10.2 Å². The Morgan fingerprint density at radius 3 is 2.69 bits per heavy atom. The molecule has 0 aromatic heterocycles. The normalized spacial score (nSPS) is 40.1.